The third-order valence-electron chi connectivity index (χ3n) is 1.50. The van der Waals surface area contributed by atoms with Gasteiger partial charge in [0.2, 0.25) is 0 Å². The van der Waals surface area contributed by atoms with Crippen molar-refractivity contribution in [3.63, 3.8) is 0 Å². The molecule has 10 heavy (non-hydrogen) atoms. The lowest BCUT2D eigenvalue weighted by molar-refractivity contribution is 0.142. The molecule has 0 aromatic heterocycles. The molecule has 1 aliphatic rings. The van der Waals surface area contributed by atoms with E-state index in [1.165, 1.54) is 0 Å². The zero-order chi connectivity index (χ0) is 7.40. The van der Waals surface area contributed by atoms with E-state index in [2.05, 4.69) is 34.5 Å². The fourth-order valence-electron chi connectivity index (χ4n) is 1.09. The second-order valence-corrected chi connectivity index (χ2v) is 2.85. The molecule has 1 rings (SSSR count). The van der Waals surface area contributed by atoms with Crippen molar-refractivity contribution in [1.82, 2.24) is 20.4 Å². The molecule has 4 nitrogen and oxygen atoms in total. The third-order valence-corrected chi connectivity index (χ3v) is 1.50. The summed E-state index contributed by atoms with van der Waals surface area (Å²) in [4.78, 5) is 4.47. The zero-order valence-corrected chi connectivity index (χ0v) is 6.72. The zero-order valence-electron chi connectivity index (χ0n) is 6.72. The van der Waals surface area contributed by atoms with E-state index in [0.29, 0.717) is 0 Å². The number of hydrogen-bond acceptors (Lipinski definition) is 4. The van der Waals surface area contributed by atoms with Gasteiger partial charge < -0.3 is 0 Å². The summed E-state index contributed by atoms with van der Waals surface area (Å²) < 4.78 is 0. The second-order valence-electron chi connectivity index (χ2n) is 2.85. The molecule has 0 aromatic carbocycles. The first-order valence-corrected chi connectivity index (χ1v) is 3.57. The lowest BCUT2D eigenvalue weighted by Gasteiger charge is -2.28. The Morgan fingerprint density at radius 3 is 2.00 bits per heavy atom. The SMILES string of the molecule is CN1CNCNCN(C)C1. The molecule has 1 aliphatic heterocycles. The highest BCUT2D eigenvalue weighted by Crippen LogP contribution is 1.85. The summed E-state index contributed by atoms with van der Waals surface area (Å²) in [5.74, 6) is 0. The summed E-state index contributed by atoms with van der Waals surface area (Å²) in [5, 5.41) is 6.49. The molecule has 0 aliphatic carbocycles. The summed E-state index contributed by atoms with van der Waals surface area (Å²) in [5.41, 5.74) is 0. The monoisotopic (exact) mass is 144 g/mol. The van der Waals surface area contributed by atoms with Crippen LogP contribution in [0.2, 0.25) is 0 Å². The Morgan fingerprint density at radius 2 is 1.50 bits per heavy atom. The minimum absolute atomic E-state index is 0.898. The summed E-state index contributed by atoms with van der Waals surface area (Å²) in [6.07, 6.45) is 0. The molecule has 60 valence electrons. The average Bonchev–Trinajstić information content (AvgIpc) is 1.83. The van der Waals surface area contributed by atoms with Gasteiger partial charge in [-0.3, -0.25) is 20.4 Å². The van der Waals surface area contributed by atoms with Crippen LogP contribution in [0.25, 0.3) is 0 Å². The molecular weight excluding hydrogens is 128 g/mol. The summed E-state index contributed by atoms with van der Waals surface area (Å²) in [7, 11) is 4.21. The van der Waals surface area contributed by atoms with Crippen LogP contribution >= 0.6 is 0 Å². The highest BCUT2D eigenvalue weighted by Gasteiger charge is 2.04. The quantitative estimate of drug-likeness (QED) is 0.450. The van der Waals surface area contributed by atoms with E-state index in [1.54, 1.807) is 0 Å². The fourth-order valence-corrected chi connectivity index (χ4v) is 1.09. The second kappa shape index (κ2) is 3.88. The molecule has 0 saturated carbocycles. The van der Waals surface area contributed by atoms with E-state index >= 15 is 0 Å². The van der Waals surface area contributed by atoms with Gasteiger partial charge in [-0.1, -0.05) is 0 Å². The Hall–Kier alpha value is -0.160. The standard InChI is InChI=1S/C6H16N4/c1-9-4-7-3-8-5-10(2)6-9/h7-8H,3-6H2,1-2H3. The van der Waals surface area contributed by atoms with Crippen LogP contribution in [0.3, 0.4) is 0 Å². The van der Waals surface area contributed by atoms with Gasteiger partial charge in [-0.2, -0.15) is 0 Å². The van der Waals surface area contributed by atoms with Gasteiger partial charge in [0.1, 0.15) is 0 Å². The highest BCUT2D eigenvalue weighted by atomic mass is 15.4. The van der Waals surface area contributed by atoms with Gasteiger partial charge in [-0.05, 0) is 14.1 Å². The lowest BCUT2D eigenvalue weighted by Crippen LogP contribution is -2.49. The van der Waals surface area contributed by atoms with E-state index in [1.807, 2.05) is 0 Å². The van der Waals surface area contributed by atoms with Crippen LogP contribution in [0.4, 0.5) is 0 Å². The maximum Gasteiger partial charge on any atom is 0.0523 e. The van der Waals surface area contributed by atoms with Crippen molar-refractivity contribution in [2.24, 2.45) is 0 Å². The smallest absolute Gasteiger partial charge is 0.0523 e. The molecule has 1 saturated heterocycles. The molecule has 1 heterocycles. The van der Waals surface area contributed by atoms with Crippen molar-refractivity contribution in [2.75, 3.05) is 40.8 Å². The normalized spacial score (nSPS) is 25.8. The first-order chi connectivity index (χ1) is 4.79. The largest absolute Gasteiger partial charge is 0.292 e. The summed E-state index contributed by atoms with van der Waals surface area (Å²) >= 11 is 0. The van der Waals surface area contributed by atoms with E-state index in [0.717, 1.165) is 26.7 Å². The molecule has 4 heteroatoms. The van der Waals surface area contributed by atoms with E-state index < -0.39 is 0 Å². The van der Waals surface area contributed by atoms with Crippen molar-refractivity contribution in [3.8, 4) is 0 Å². The summed E-state index contributed by atoms with van der Waals surface area (Å²) in [6, 6.07) is 0. The number of hydrogen-bond donors (Lipinski definition) is 2. The van der Waals surface area contributed by atoms with Gasteiger partial charge in [-0.15, -0.1) is 0 Å². The maximum absolute atomic E-state index is 3.25. The predicted molar refractivity (Wildman–Crippen MR) is 41.3 cm³/mol. The van der Waals surface area contributed by atoms with Crippen LogP contribution in [0.1, 0.15) is 0 Å². The van der Waals surface area contributed by atoms with E-state index in [9.17, 15) is 0 Å². The highest BCUT2D eigenvalue weighted by molar-refractivity contribution is 4.54. The van der Waals surface area contributed by atoms with Crippen molar-refractivity contribution < 1.29 is 0 Å². The van der Waals surface area contributed by atoms with Crippen LogP contribution in [0.5, 0.6) is 0 Å². The van der Waals surface area contributed by atoms with Crippen LogP contribution < -0.4 is 10.6 Å². The van der Waals surface area contributed by atoms with Crippen molar-refractivity contribution >= 4 is 0 Å². The van der Waals surface area contributed by atoms with Crippen LogP contribution in [-0.2, 0) is 0 Å². The fraction of sp³-hybridized carbons (Fsp3) is 1.00. The Labute approximate surface area is 62.2 Å². The van der Waals surface area contributed by atoms with Gasteiger partial charge in [0.25, 0.3) is 0 Å². The Bertz CT molecular complexity index is 85.7. The number of nitrogens with zero attached hydrogens (tertiary/aromatic N) is 2. The molecule has 0 atom stereocenters. The average molecular weight is 144 g/mol. The Kier molecular flexibility index (Phi) is 3.08. The Morgan fingerprint density at radius 1 is 1.00 bits per heavy atom. The minimum atomic E-state index is 0.898. The third kappa shape index (κ3) is 2.62. The molecular formula is C6H16N4. The molecule has 0 unspecified atom stereocenters. The number of rotatable bonds is 0. The first kappa shape index (κ1) is 7.94. The van der Waals surface area contributed by atoms with Gasteiger partial charge in [0.05, 0.1) is 6.67 Å². The van der Waals surface area contributed by atoms with Gasteiger partial charge >= 0.3 is 0 Å². The predicted octanol–water partition coefficient (Wildman–Crippen LogP) is -1.13. The minimum Gasteiger partial charge on any atom is -0.292 e. The molecule has 1 fully saturated rings. The Balaban J connectivity index is 2.25. The van der Waals surface area contributed by atoms with Crippen molar-refractivity contribution in [3.05, 3.63) is 0 Å². The number of nitrogens with one attached hydrogen (secondary N) is 2. The van der Waals surface area contributed by atoms with Crippen molar-refractivity contribution in [1.29, 1.82) is 0 Å². The lowest BCUT2D eigenvalue weighted by atomic mass is 10.6. The molecule has 0 aromatic rings. The molecule has 2 N–H and O–H groups in total. The molecule has 0 bridgehead atoms. The maximum atomic E-state index is 3.25. The van der Waals surface area contributed by atoms with Crippen molar-refractivity contribution in [2.45, 2.75) is 0 Å². The first-order valence-electron chi connectivity index (χ1n) is 3.57. The van der Waals surface area contributed by atoms with Crippen LogP contribution in [0.15, 0.2) is 0 Å². The van der Waals surface area contributed by atoms with E-state index in [-0.39, 0.29) is 0 Å². The summed E-state index contributed by atoms with van der Waals surface area (Å²) in [6.45, 7) is 3.82. The van der Waals surface area contributed by atoms with Crippen LogP contribution in [0, 0.1) is 0 Å². The van der Waals surface area contributed by atoms with E-state index in [4.69, 9.17) is 0 Å². The van der Waals surface area contributed by atoms with Crippen LogP contribution in [-0.4, -0.2) is 50.6 Å². The topological polar surface area (TPSA) is 30.5 Å². The van der Waals surface area contributed by atoms with Gasteiger partial charge in [0, 0.05) is 20.0 Å². The van der Waals surface area contributed by atoms with Gasteiger partial charge in [-0.25, -0.2) is 0 Å². The van der Waals surface area contributed by atoms with Gasteiger partial charge in [0.15, 0.2) is 0 Å². The molecule has 0 spiro atoms. The molecule has 0 radical (unpaired) electrons. The molecule has 0 amide bonds.